The van der Waals surface area contributed by atoms with Gasteiger partial charge in [0.25, 0.3) is 0 Å². The Balaban J connectivity index is 1.59. The van der Waals surface area contributed by atoms with Crippen molar-refractivity contribution in [3.05, 3.63) is 59.7 Å². The predicted molar refractivity (Wildman–Crippen MR) is 135 cm³/mol. The van der Waals surface area contributed by atoms with Crippen LogP contribution < -0.4 is 5.32 Å². The SMILES string of the molecule is CCC(CNC(=O)OCC1c2ccccc2-c2ccccc21)C(=O)N(C)C(CC(C)(C)C)C(=O)O. The van der Waals surface area contributed by atoms with Gasteiger partial charge in [0, 0.05) is 19.5 Å². The van der Waals surface area contributed by atoms with E-state index in [0.29, 0.717) is 12.8 Å². The molecular formula is C28H36N2O5. The number of fused-ring (bicyclic) bond motifs is 3. The smallest absolute Gasteiger partial charge is 0.407 e. The summed E-state index contributed by atoms with van der Waals surface area (Å²) in [6, 6.07) is 15.3. The fraction of sp³-hybridized carbons (Fsp3) is 0.464. The quantitative estimate of drug-likeness (QED) is 0.532. The monoisotopic (exact) mass is 480 g/mol. The van der Waals surface area contributed by atoms with Crippen molar-refractivity contribution in [1.29, 1.82) is 0 Å². The summed E-state index contributed by atoms with van der Waals surface area (Å²) >= 11 is 0. The fourth-order valence-corrected chi connectivity index (χ4v) is 4.67. The van der Waals surface area contributed by atoms with Crippen molar-refractivity contribution in [3.8, 4) is 11.1 Å². The van der Waals surface area contributed by atoms with Gasteiger partial charge in [0.2, 0.25) is 5.91 Å². The Labute approximate surface area is 207 Å². The van der Waals surface area contributed by atoms with Crippen LogP contribution in [0.25, 0.3) is 11.1 Å². The zero-order valence-electron chi connectivity index (χ0n) is 21.2. The maximum atomic E-state index is 13.0. The van der Waals surface area contributed by atoms with Crippen LogP contribution in [0.4, 0.5) is 4.79 Å². The number of likely N-dealkylation sites (N-methyl/N-ethyl adjacent to an activating group) is 1. The van der Waals surface area contributed by atoms with Crippen molar-refractivity contribution in [3.63, 3.8) is 0 Å². The summed E-state index contributed by atoms with van der Waals surface area (Å²) in [6.07, 6.45) is 0.209. The van der Waals surface area contributed by atoms with Gasteiger partial charge in [0.15, 0.2) is 0 Å². The summed E-state index contributed by atoms with van der Waals surface area (Å²) in [5.41, 5.74) is 4.31. The number of hydrogen-bond donors (Lipinski definition) is 2. The summed E-state index contributed by atoms with van der Waals surface area (Å²) in [6.45, 7) is 7.94. The molecule has 1 aliphatic carbocycles. The Morgan fingerprint density at radius 3 is 2.06 bits per heavy atom. The molecular weight excluding hydrogens is 444 g/mol. The van der Waals surface area contributed by atoms with Gasteiger partial charge in [-0.25, -0.2) is 9.59 Å². The van der Waals surface area contributed by atoms with E-state index < -0.39 is 24.0 Å². The van der Waals surface area contributed by atoms with Gasteiger partial charge in [-0.2, -0.15) is 0 Å². The number of nitrogens with one attached hydrogen (secondary N) is 1. The highest BCUT2D eigenvalue weighted by Gasteiger charge is 2.34. The Hall–Kier alpha value is -3.35. The Bertz CT molecular complexity index is 1030. The number of carbonyl (C=O) groups excluding carboxylic acids is 2. The predicted octanol–water partition coefficient (Wildman–Crippen LogP) is 4.90. The van der Waals surface area contributed by atoms with Crippen LogP contribution in [0.3, 0.4) is 0 Å². The average Bonchev–Trinajstić information content (AvgIpc) is 3.14. The van der Waals surface area contributed by atoms with E-state index in [2.05, 4.69) is 29.6 Å². The molecule has 0 heterocycles. The van der Waals surface area contributed by atoms with E-state index >= 15 is 0 Å². The van der Waals surface area contributed by atoms with Crippen LogP contribution in [0.15, 0.2) is 48.5 Å². The summed E-state index contributed by atoms with van der Waals surface area (Å²) in [7, 11) is 1.52. The molecule has 0 radical (unpaired) electrons. The molecule has 188 valence electrons. The Morgan fingerprint density at radius 2 is 1.57 bits per heavy atom. The summed E-state index contributed by atoms with van der Waals surface area (Å²) < 4.78 is 5.56. The summed E-state index contributed by atoms with van der Waals surface area (Å²) in [4.78, 5) is 38.6. The fourth-order valence-electron chi connectivity index (χ4n) is 4.67. The topological polar surface area (TPSA) is 95.9 Å². The first kappa shape index (κ1) is 26.3. The van der Waals surface area contributed by atoms with Gasteiger partial charge in [-0.3, -0.25) is 4.79 Å². The van der Waals surface area contributed by atoms with Gasteiger partial charge in [0.05, 0.1) is 5.92 Å². The number of carboxylic acids is 1. The molecule has 0 bridgehead atoms. The lowest BCUT2D eigenvalue weighted by Crippen LogP contribution is -2.48. The minimum Gasteiger partial charge on any atom is -0.480 e. The molecule has 0 aromatic heterocycles. The second kappa shape index (κ2) is 10.9. The minimum absolute atomic E-state index is 0.0448. The van der Waals surface area contributed by atoms with E-state index in [1.54, 1.807) is 0 Å². The molecule has 0 saturated heterocycles. The van der Waals surface area contributed by atoms with Crippen LogP contribution in [-0.4, -0.2) is 54.2 Å². The average molecular weight is 481 g/mol. The molecule has 2 amide bonds. The molecule has 2 aromatic carbocycles. The molecule has 2 N–H and O–H groups in total. The Morgan fingerprint density at radius 1 is 1.03 bits per heavy atom. The summed E-state index contributed by atoms with van der Waals surface area (Å²) in [5.74, 6) is -1.92. The number of benzene rings is 2. The van der Waals surface area contributed by atoms with Gasteiger partial charge in [-0.05, 0) is 40.5 Å². The second-order valence-corrected chi connectivity index (χ2v) is 10.4. The number of carboxylic acid groups (broad SMARTS) is 1. The van der Waals surface area contributed by atoms with E-state index in [1.807, 2.05) is 52.0 Å². The standard InChI is InChI=1S/C28H36N2O5/c1-6-18(25(31)30(5)24(26(32)33)15-28(2,3)4)16-29-27(34)35-17-23-21-13-9-7-11-19(21)20-12-8-10-14-22(20)23/h7-14,18,23-24H,6,15-17H2,1-5H3,(H,29,34)(H,32,33). The van der Waals surface area contributed by atoms with Crippen molar-refractivity contribution in [2.75, 3.05) is 20.2 Å². The molecule has 2 aromatic rings. The lowest BCUT2D eigenvalue weighted by molar-refractivity contribution is -0.152. The van der Waals surface area contributed by atoms with Gasteiger partial charge in [-0.1, -0.05) is 76.2 Å². The molecule has 0 fully saturated rings. The van der Waals surface area contributed by atoms with Crippen LogP contribution in [-0.2, 0) is 14.3 Å². The van der Waals surface area contributed by atoms with Crippen molar-refractivity contribution in [2.24, 2.45) is 11.3 Å². The number of nitrogens with zero attached hydrogens (tertiary/aromatic N) is 1. The molecule has 7 heteroatoms. The zero-order valence-corrected chi connectivity index (χ0v) is 21.2. The third kappa shape index (κ3) is 6.21. The number of amides is 2. The number of ether oxygens (including phenoxy) is 1. The van der Waals surface area contributed by atoms with E-state index in [-0.39, 0.29) is 30.4 Å². The van der Waals surface area contributed by atoms with Gasteiger partial charge >= 0.3 is 12.1 Å². The van der Waals surface area contributed by atoms with Crippen molar-refractivity contribution in [2.45, 2.75) is 52.5 Å². The van der Waals surface area contributed by atoms with Crippen LogP contribution in [0, 0.1) is 11.3 Å². The maximum absolute atomic E-state index is 13.0. The zero-order chi connectivity index (χ0) is 25.8. The first-order valence-corrected chi connectivity index (χ1v) is 12.1. The number of rotatable bonds is 9. The van der Waals surface area contributed by atoms with Gasteiger partial charge in [0.1, 0.15) is 12.6 Å². The molecule has 2 atom stereocenters. The first-order chi connectivity index (χ1) is 16.5. The second-order valence-electron chi connectivity index (χ2n) is 10.4. The lowest BCUT2D eigenvalue weighted by atomic mass is 9.87. The largest absolute Gasteiger partial charge is 0.480 e. The third-order valence-electron chi connectivity index (χ3n) is 6.58. The molecule has 1 aliphatic rings. The molecule has 0 saturated carbocycles. The van der Waals surface area contributed by atoms with Crippen LogP contribution in [0.5, 0.6) is 0 Å². The van der Waals surface area contributed by atoms with Crippen molar-refractivity contribution in [1.82, 2.24) is 10.2 Å². The van der Waals surface area contributed by atoms with E-state index in [1.165, 1.54) is 11.9 Å². The normalized spacial score (nSPS) is 14.4. The van der Waals surface area contributed by atoms with Crippen LogP contribution in [0.2, 0.25) is 0 Å². The molecule has 0 spiro atoms. The molecule has 2 unspecified atom stereocenters. The van der Waals surface area contributed by atoms with E-state index in [4.69, 9.17) is 4.74 Å². The number of alkyl carbamates (subject to hydrolysis) is 1. The lowest BCUT2D eigenvalue weighted by Gasteiger charge is -2.32. The summed E-state index contributed by atoms with van der Waals surface area (Å²) in [5, 5.41) is 12.4. The van der Waals surface area contributed by atoms with Crippen molar-refractivity contribution < 1.29 is 24.2 Å². The molecule has 0 aliphatic heterocycles. The number of carbonyl (C=O) groups is 3. The van der Waals surface area contributed by atoms with Gasteiger partial charge in [-0.15, -0.1) is 0 Å². The van der Waals surface area contributed by atoms with E-state index in [9.17, 15) is 19.5 Å². The number of hydrogen-bond acceptors (Lipinski definition) is 4. The maximum Gasteiger partial charge on any atom is 0.407 e. The van der Waals surface area contributed by atoms with Gasteiger partial charge < -0.3 is 20.1 Å². The molecule has 35 heavy (non-hydrogen) atoms. The molecule has 3 rings (SSSR count). The highest BCUT2D eigenvalue weighted by molar-refractivity contribution is 5.85. The Kier molecular flexibility index (Phi) is 8.20. The highest BCUT2D eigenvalue weighted by atomic mass is 16.5. The van der Waals surface area contributed by atoms with Crippen LogP contribution >= 0.6 is 0 Å². The minimum atomic E-state index is -1.03. The molecule has 7 nitrogen and oxygen atoms in total. The van der Waals surface area contributed by atoms with Crippen molar-refractivity contribution >= 4 is 18.0 Å². The van der Waals surface area contributed by atoms with Crippen LogP contribution in [0.1, 0.15) is 57.6 Å². The highest BCUT2D eigenvalue weighted by Crippen LogP contribution is 2.44. The third-order valence-corrected chi connectivity index (χ3v) is 6.58. The van der Waals surface area contributed by atoms with E-state index in [0.717, 1.165) is 22.3 Å². The number of aliphatic carboxylic acids is 1. The first-order valence-electron chi connectivity index (χ1n) is 12.1.